The number of hydrogen-bond acceptors (Lipinski definition) is 4. The summed E-state index contributed by atoms with van der Waals surface area (Å²) in [5.41, 5.74) is 21.2. The topological polar surface area (TPSA) is 19.6 Å². The summed E-state index contributed by atoms with van der Waals surface area (Å²) < 4.78 is 9.49. The van der Waals surface area contributed by atoms with Gasteiger partial charge in [-0.15, -0.1) is 11.3 Å². The van der Waals surface area contributed by atoms with Gasteiger partial charge >= 0.3 is 0 Å². The third kappa shape index (κ3) is 5.58. The summed E-state index contributed by atoms with van der Waals surface area (Å²) in [7, 11) is 0. The first kappa shape index (κ1) is 40.3. The van der Waals surface area contributed by atoms with E-state index in [1.54, 1.807) is 0 Å². The van der Waals surface area contributed by atoms with Crippen molar-refractivity contribution in [1.82, 2.24) is 0 Å². The summed E-state index contributed by atoms with van der Waals surface area (Å²) in [4.78, 5) is 5.31. The second kappa shape index (κ2) is 13.0. The maximum Gasteiger partial charge on any atom is 0.264 e. The number of aryl methyl sites for hydroxylation is 1. The van der Waals surface area contributed by atoms with E-state index in [0.717, 1.165) is 23.0 Å². The molecule has 3 nitrogen and oxygen atoms in total. The number of anilines is 6. The Morgan fingerprint density at radius 1 is 0.562 bits per heavy atom. The lowest BCUT2D eigenvalue weighted by Crippen LogP contribution is -2.61. The Kier molecular flexibility index (Phi) is 8.16. The van der Waals surface area contributed by atoms with Crippen molar-refractivity contribution < 1.29 is 4.42 Å². The maximum atomic E-state index is 6.64. The van der Waals surface area contributed by atoms with E-state index in [2.05, 4.69) is 207 Å². The van der Waals surface area contributed by atoms with Crippen molar-refractivity contribution in [2.75, 3.05) is 9.80 Å². The summed E-state index contributed by atoms with van der Waals surface area (Å²) >= 11 is 2.05. The first-order valence-corrected chi connectivity index (χ1v) is 24.6. The van der Waals surface area contributed by atoms with E-state index in [1.807, 2.05) is 0 Å². The average Bonchev–Trinajstić information content (AvgIpc) is 3.82. The van der Waals surface area contributed by atoms with Gasteiger partial charge in [0.1, 0.15) is 11.2 Å². The van der Waals surface area contributed by atoms with Crippen LogP contribution in [0.25, 0.3) is 32.0 Å². The largest absolute Gasteiger partial charge is 0.456 e. The van der Waals surface area contributed by atoms with E-state index in [-0.39, 0.29) is 33.8 Å². The average molecular weight is 857 g/mol. The fraction of sp³-hybridized carbons (Fsp3) is 0.356. The van der Waals surface area contributed by atoms with Crippen molar-refractivity contribution in [3.8, 4) is 0 Å². The van der Waals surface area contributed by atoms with E-state index in [1.165, 1.54) is 118 Å². The van der Waals surface area contributed by atoms with Crippen molar-refractivity contribution in [3.63, 3.8) is 0 Å². The monoisotopic (exact) mass is 856 g/mol. The van der Waals surface area contributed by atoms with Gasteiger partial charge in [-0.2, -0.15) is 0 Å². The lowest BCUT2D eigenvalue weighted by atomic mass is 9.35. The second-order valence-corrected chi connectivity index (χ2v) is 24.7. The van der Waals surface area contributed by atoms with Gasteiger partial charge in [-0.3, -0.25) is 0 Å². The third-order valence-corrected chi connectivity index (χ3v) is 17.6. The highest BCUT2D eigenvalue weighted by Crippen LogP contribution is 2.55. The minimum absolute atomic E-state index is 0.0436. The Labute approximate surface area is 384 Å². The van der Waals surface area contributed by atoms with Crippen LogP contribution in [0.3, 0.4) is 0 Å². The number of fused-ring (bicyclic) bond motifs is 11. The molecule has 0 atom stereocenters. The Bertz CT molecular complexity index is 3300. The van der Waals surface area contributed by atoms with Gasteiger partial charge in [0.05, 0.1) is 16.8 Å². The van der Waals surface area contributed by atoms with Crippen LogP contribution in [0, 0.1) is 6.92 Å². The number of hydrogen-bond donors (Lipinski definition) is 0. The van der Waals surface area contributed by atoms with Crippen molar-refractivity contribution in [3.05, 3.63) is 137 Å². The quantitative estimate of drug-likeness (QED) is 0.162. The first-order chi connectivity index (χ1) is 30.2. The highest BCUT2D eigenvalue weighted by atomic mass is 32.1. The van der Waals surface area contributed by atoms with Gasteiger partial charge in [0.2, 0.25) is 0 Å². The number of thiophene rings is 1. The van der Waals surface area contributed by atoms with E-state index in [9.17, 15) is 0 Å². The van der Waals surface area contributed by atoms with Crippen LogP contribution in [0.4, 0.5) is 34.1 Å². The van der Waals surface area contributed by atoms with Crippen LogP contribution in [-0.4, -0.2) is 6.71 Å². The van der Waals surface area contributed by atoms with Gasteiger partial charge in [-0.25, -0.2) is 0 Å². The molecule has 0 bridgehead atoms. The molecule has 0 saturated carbocycles. The van der Waals surface area contributed by atoms with E-state index in [0.29, 0.717) is 0 Å². The molecule has 0 saturated heterocycles. The predicted molar refractivity (Wildman–Crippen MR) is 277 cm³/mol. The molecule has 0 fully saturated rings. The van der Waals surface area contributed by atoms with Crippen LogP contribution < -0.4 is 25.5 Å². The molecule has 0 unspecified atom stereocenters. The number of furan rings is 1. The molecule has 0 N–H and O–H groups in total. The molecule has 64 heavy (non-hydrogen) atoms. The normalized spacial score (nSPS) is 18.8. The molecule has 12 rings (SSSR count). The van der Waals surface area contributed by atoms with Crippen molar-refractivity contribution in [2.24, 2.45) is 0 Å². The maximum absolute atomic E-state index is 6.64. The van der Waals surface area contributed by atoms with Crippen molar-refractivity contribution in [2.45, 2.75) is 136 Å². The van der Waals surface area contributed by atoms with Crippen LogP contribution in [0.5, 0.6) is 0 Å². The van der Waals surface area contributed by atoms with Gasteiger partial charge in [0, 0.05) is 43.0 Å². The third-order valence-electron chi connectivity index (χ3n) is 16.4. The van der Waals surface area contributed by atoms with E-state index in [4.69, 9.17) is 4.42 Å². The molecule has 0 radical (unpaired) electrons. The molecule has 6 aromatic carbocycles. The number of benzene rings is 6. The Hall–Kier alpha value is -5.26. The zero-order valence-corrected chi connectivity index (χ0v) is 40.7. The van der Waals surface area contributed by atoms with Crippen LogP contribution in [0.15, 0.2) is 108 Å². The number of para-hydroxylation sites is 1. The second-order valence-electron chi connectivity index (χ2n) is 23.6. The molecular formula is C59H61BN2OS. The van der Waals surface area contributed by atoms with Gasteiger partial charge in [-0.05, 0) is 165 Å². The fourth-order valence-corrected chi connectivity index (χ4v) is 13.7. The Balaban J connectivity index is 1.23. The molecule has 8 aromatic rings. The Morgan fingerprint density at radius 2 is 1.14 bits per heavy atom. The smallest absolute Gasteiger partial charge is 0.264 e. The fourth-order valence-electron chi connectivity index (χ4n) is 12.3. The molecule has 2 aromatic heterocycles. The molecule has 2 aliphatic carbocycles. The summed E-state index contributed by atoms with van der Waals surface area (Å²) in [6.45, 7) is 29.1. The molecule has 4 aliphatic rings. The lowest BCUT2D eigenvalue weighted by Gasteiger charge is -2.47. The highest BCUT2D eigenvalue weighted by molar-refractivity contribution is 7.33. The van der Waals surface area contributed by atoms with E-state index < -0.39 is 0 Å². The minimum Gasteiger partial charge on any atom is -0.456 e. The van der Waals surface area contributed by atoms with E-state index >= 15 is 0 Å². The zero-order valence-electron chi connectivity index (χ0n) is 39.9. The zero-order chi connectivity index (χ0) is 44.6. The van der Waals surface area contributed by atoms with Crippen molar-refractivity contribution in [1.29, 1.82) is 0 Å². The van der Waals surface area contributed by atoms with Gasteiger partial charge < -0.3 is 14.2 Å². The summed E-state index contributed by atoms with van der Waals surface area (Å²) in [6.07, 6.45) is 4.73. The van der Waals surface area contributed by atoms with Crippen LogP contribution in [0.1, 0.15) is 135 Å². The molecule has 0 spiro atoms. The summed E-state index contributed by atoms with van der Waals surface area (Å²) in [5.74, 6) is 0. The van der Waals surface area contributed by atoms with Gasteiger partial charge in [0.15, 0.2) is 0 Å². The van der Waals surface area contributed by atoms with Crippen LogP contribution in [-0.2, 0) is 27.1 Å². The summed E-state index contributed by atoms with van der Waals surface area (Å²) in [6, 6.07) is 40.3. The molecule has 0 amide bonds. The first-order valence-electron chi connectivity index (χ1n) is 23.8. The highest BCUT2D eigenvalue weighted by Gasteiger charge is 2.49. The lowest BCUT2D eigenvalue weighted by molar-refractivity contribution is 0.332. The predicted octanol–water partition coefficient (Wildman–Crippen LogP) is 15.2. The van der Waals surface area contributed by atoms with Crippen LogP contribution >= 0.6 is 11.3 Å². The van der Waals surface area contributed by atoms with Crippen LogP contribution in [0.2, 0.25) is 0 Å². The number of rotatable bonds is 2. The number of nitrogens with zero attached hydrogens (tertiary/aromatic N) is 2. The molecule has 4 heterocycles. The standard InChI is InChI=1S/C59H61BN2OS/c1-34-28-46-52-47(29-34)62(44-17-15-19-49-51(44)37-16-13-14-18-48(37)63-49)45-32-41-40(57(7,8)25-26-58(41,9)10)31-43(45)60(52)54-53(61(46)36-22-20-35(21-23-36)55(2,3)4)38-30-39-42(33-50(38)64-54)59(11,12)27-24-56(39,5)6/h13-23,28-33H,24-27H2,1-12H3. The van der Waals surface area contributed by atoms with Crippen molar-refractivity contribution >= 4 is 99.9 Å². The van der Waals surface area contributed by atoms with Gasteiger partial charge in [-0.1, -0.05) is 119 Å². The SMILES string of the molecule is Cc1cc2c3c(c1)N(c1cccc4oc5ccccc5c14)c1cc4c(cc1B3c1sc3cc5c(cc3c1N2c1ccc(C(C)(C)C)cc1)C(C)(C)CCC5(C)C)C(C)(C)CCC4(C)C. The molecule has 2 aliphatic heterocycles. The Morgan fingerprint density at radius 3 is 1.80 bits per heavy atom. The minimum atomic E-state index is 0.0436. The molecule has 5 heteroatoms. The molecule has 322 valence electrons. The van der Waals surface area contributed by atoms with Gasteiger partial charge in [0.25, 0.3) is 6.71 Å². The molecular weight excluding hydrogens is 796 g/mol. The summed E-state index contributed by atoms with van der Waals surface area (Å²) in [5, 5.41) is 3.70.